The normalized spacial score (nSPS) is 25.6. The van der Waals surface area contributed by atoms with Gasteiger partial charge in [-0.1, -0.05) is 18.6 Å². The van der Waals surface area contributed by atoms with E-state index in [0.29, 0.717) is 18.8 Å². The van der Waals surface area contributed by atoms with Crippen LogP contribution in [-0.2, 0) is 6.54 Å². The lowest BCUT2D eigenvalue weighted by Gasteiger charge is -2.19. The number of nitrogens with one attached hydrogen (secondary N) is 1. The van der Waals surface area contributed by atoms with Crippen molar-refractivity contribution in [3.63, 3.8) is 0 Å². The van der Waals surface area contributed by atoms with E-state index < -0.39 is 0 Å². The second-order valence-corrected chi connectivity index (χ2v) is 5.07. The Labute approximate surface area is 107 Å². The Kier molecular flexibility index (Phi) is 3.39. The van der Waals surface area contributed by atoms with Crippen molar-refractivity contribution in [2.75, 3.05) is 13.3 Å². The molecular weight excluding hydrogens is 228 g/mol. The maximum Gasteiger partial charge on any atom is 0.231 e. The molecule has 2 unspecified atom stereocenters. The molecule has 0 radical (unpaired) electrons. The van der Waals surface area contributed by atoms with E-state index in [1.165, 1.54) is 24.8 Å². The highest BCUT2D eigenvalue weighted by atomic mass is 16.7. The second kappa shape index (κ2) is 5.16. The Balaban J connectivity index is 1.65. The molecule has 4 nitrogen and oxygen atoms in total. The highest BCUT2D eigenvalue weighted by molar-refractivity contribution is 5.48. The molecule has 1 fully saturated rings. The molecule has 4 heteroatoms. The Morgan fingerprint density at radius 3 is 3.11 bits per heavy atom. The Bertz CT molecular complexity index is 422. The molecule has 98 valence electrons. The quantitative estimate of drug-likeness (QED) is 0.850. The van der Waals surface area contributed by atoms with E-state index in [0.717, 1.165) is 24.6 Å². The molecule has 2 atom stereocenters. The van der Waals surface area contributed by atoms with E-state index in [1.807, 2.05) is 12.1 Å². The standard InChI is InChI=1S/C14H20N2O2/c15-7-10-3-1-5-12(10)16-8-11-4-2-6-13-14(11)18-9-17-13/h2,4,6,10,12,16H,1,3,5,7-9,15H2. The lowest BCUT2D eigenvalue weighted by molar-refractivity contribution is 0.173. The molecule has 0 aromatic heterocycles. The lowest BCUT2D eigenvalue weighted by atomic mass is 10.0. The fourth-order valence-electron chi connectivity index (χ4n) is 2.96. The van der Waals surface area contributed by atoms with Crippen molar-refractivity contribution in [2.45, 2.75) is 31.8 Å². The van der Waals surface area contributed by atoms with Gasteiger partial charge in [0, 0.05) is 18.2 Å². The largest absolute Gasteiger partial charge is 0.454 e. The van der Waals surface area contributed by atoms with Crippen molar-refractivity contribution in [1.29, 1.82) is 0 Å². The second-order valence-electron chi connectivity index (χ2n) is 5.07. The van der Waals surface area contributed by atoms with Crippen LogP contribution in [0.25, 0.3) is 0 Å². The van der Waals surface area contributed by atoms with Gasteiger partial charge in [-0.05, 0) is 31.4 Å². The molecule has 1 aliphatic heterocycles. The van der Waals surface area contributed by atoms with Gasteiger partial charge in [0.15, 0.2) is 11.5 Å². The molecule has 0 spiro atoms. The van der Waals surface area contributed by atoms with Gasteiger partial charge < -0.3 is 20.5 Å². The molecule has 0 amide bonds. The summed E-state index contributed by atoms with van der Waals surface area (Å²) in [6.45, 7) is 1.94. The maximum absolute atomic E-state index is 5.80. The van der Waals surface area contributed by atoms with Crippen molar-refractivity contribution < 1.29 is 9.47 Å². The first-order valence-corrected chi connectivity index (χ1v) is 6.69. The van der Waals surface area contributed by atoms with E-state index in [1.54, 1.807) is 0 Å². The first kappa shape index (κ1) is 11.8. The van der Waals surface area contributed by atoms with E-state index >= 15 is 0 Å². The van der Waals surface area contributed by atoms with Crippen LogP contribution in [0.5, 0.6) is 11.5 Å². The van der Waals surface area contributed by atoms with Gasteiger partial charge in [-0.3, -0.25) is 0 Å². The van der Waals surface area contributed by atoms with Crippen molar-refractivity contribution in [3.8, 4) is 11.5 Å². The molecule has 1 aromatic rings. The van der Waals surface area contributed by atoms with Crippen molar-refractivity contribution >= 4 is 0 Å². The summed E-state index contributed by atoms with van der Waals surface area (Å²) in [7, 11) is 0. The average molecular weight is 248 g/mol. The number of hydrogen-bond acceptors (Lipinski definition) is 4. The number of benzene rings is 1. The average Bonchev–Trinajstić information content (AvgIpc) is 3.04. The molecule has 1 heterocycles. The summed E-state index contributed by atoms with van der Waals surface area (Å²) >= 11 is 0. The summed E-state index contributed by atoms with van der Waals surface area (Å²) in [4.78, 5) is 0. The third-order valence-corrected chi connectivity index (χ3v) is 3.99. The number of ether oxygens (including phenoxy) is 2. The predicted octanol–water partition coefficient (Wildman–Crippen LogP) is 1.63. The summed E-state index contributed by atoms with van der Waals surface area (Å²) < 4.78 is 10.9. The molecule has 3 rings (SSSR count). The van der Waals surface area contributed by atoms with Crippen LogP contribution >= 0.6 is 0 Å². The summed E-state index contributed by atoms with van der Waals surface area (Å²) in [6, 6.07) is 6.60. The van der Waals surface area contributed by atoms with E-state index in [4.69, 9.17) is 15.2 Å². The lowest BCUT2D eigenvalue weighted by Crippen LogP contribution is -2.35. The Hall–Kier alpha value is -1.26. The number of fused-ring (bicyclic) bond motifs is 1. The fourth-order valence-corrected chi connectivity index (χ4v) is 2.96. The van der Waals surface area contributed by atoms with Gasteiger partial charge in [-0.2, -0.15) is 0 Å². The molecule has 0 saturated heterocycles. The zero-order valence-electron chi connectivity index (χ0n) is 10.5. The Morgan fingerprint density at radius 2 is 2.22 bits per heavy atom. The van der Waals surface area contributed by atoms with Crippen LogP contribution in [0.1, 0.15) is 24.8 Å². The number of nitrogens with two attached hydrogens (primary N) is 1. The van der Waals surface area contributed by atoms with Gasteiger partial charge in [0.1, 0.15) is 0 Å². The minimum absolute atomic E-state index is 0.335. The van der Waals surface area contributed by atoms with Gasteiger partial charge >= 0.3 is 0 Å². The van der Waals surface area contributed by atoms with Crippen LogP contribution in [0.4, 0.5) is 0 Å². The van der Waals surface area contributed by atoms with Crippen LogP contribution in [0, 0.1) is 5.92 Å². The molecular formula is C14H20N2O2. The maximum atomic E-state index is 5.80. The minimum Gasteiger partial charge on any atom is -0.454 e. The molecule has 1 aromatic carbocycles. The first-order valence-electron chi connectivity index (χ1n) is 6.69. The fraction of sp³-hybridized carbons (Fsp3) is 0.571. The molecule has 18 heavy (non-hydrogen) atoms. The predicted molar refractivity (Wildman–Crippen MR) is 69.6 cm³/mol. The highest BCUT2D eigenvalue weighted by Crippen LogP contribution is 2.35. The van der Waals surface area contributed by atoms with Gasteiger partial charge in [0.2, 0.25) is 6.79 Å². The monoisotopic (exact) mass is 248 g/mol. The summed E-state index contributed by atoms with van der Waals surface area (Å²) in [5.41, 5.74) is 6.97. The van der Waals surface area contributed by atoms with Gasteiger partial charge in [0.05, 0.1) is 0 Å². The number of hydrogen-bond donors (Lipinski definition) is 2. The van der Waals surface area contributed by atoms with Crippen LogP contribution in [0.3, 0.4) is 0 Å². The Morgan fingerprint density at radius 1 is 1.28 bits per heavy atom. The van der Waals surface area contributed by atoms with Gasteiger partial charge in [-0.25, -0.2) is 0 Å². The van der Waals surface area contributed by atoms with E-state index in [-0.39, 0.29) is 0 Å². The van der Waals surface area contributed by atoms with E-state index in [2.05, 4.69) is 11.4 Å². The number of rotatable bonds is 4. The highest BCUT2D eigenvalue weighted by Gasteiger charge is 2.26. The van der Waals surface area contributed by atoms with E-state index in [9.17, 15) is 0 Å². The van der Waals surface area contributed by atoms with Crippen LogP contribution < -0.4 is 20.5 Å². The topological polar surface area (TPSA) is 56.5 Å². The zero-order chi connectivity index (χ0) is 12.4. The van der Waals surface area contributed by atoms with Crippen molar-refractivity contribution in [3.05, 3.63) is 23.8 Å². The SMILES string of the molecule is NCC1CCCC1NCc1cccc2c1OCO2. The molecule has 1 aliphatic carbocycles. The minimum atomic E-state index is 0.335. The molecule has 1 saturated carbocycles. The summed E-state index contributed by atoms with van der Waals surface area (Å²) in [5.74, 6) is 2.38. The smallest absolute Gasteiger partial charge is 0.231 e. The molecule has 0 bridgehead atoms. The van der Waals surface area contributed by atoms with Gasteiger partial charge in [-0.15, -0.1) is 0 Å². The molecule has 2 aliphatic rings. The third-order valence-electron chi connectivity index (χ3n) is 3.99. The van der Waals surface area contributed by atoms with Crippen LogP contribution in [0.15, 0.2) is 18.2 Å². The van der Waals surface area contributed by atoms with Crippen molar-refractivity contribution in [1.82, 2.24) is 5.32 Å². The third kappa shape index (κ3) is 2.18. The van der Waals surface area contributed by atoms with Crippen LogP contribution in [-0.4, -0.2) is 19.4 Å². The zero-order valence-corrected chi connectivity index (χ0v) is 10.5. The van der Waals surface area contributed by atoms with Crippen molar-refractivity contribution in [2.24, 2.45) is 11.7 Å². The first-order chi connectivity index (χ1) is 8.88. The summed E-state index contributed by atoms with van der Waals surface area (Å²) in [6.07, 6.45) is 3.76. The molecule has 3 N–H and O–H groups in total. The summed E-state index contributed by atoms with van der Waals surface area (Å²) in [5, 5.41) is 3.61. The van der Waals surface area contributed by atoms with Gasteiger partial charge in [0.25, 0.3) is 0 Å². The number of para-hydroxylation sites is 1. The van der Waals surface area contributed by atoms with Crippen LogP contribution in [0.2, 0.25) is 0 Å².